The quantitative estimate of drug-likeness (QED) is 0.413. The first kappa shape index (κ1) is 22.3. The second-order valence-corrected chi connectivity index (χ2v) is 7.29. The lowest BCUT2D eigenvalue weighted by Crippen LogP contribution is -2.15. The third kappa shape index (κ3) is 6.88. The molecule has 0 heterocycles. The van der Waals surface area contributed by atoms with E-state index >= 15 is 0 Å². The monoisotopic (exact) mass is 401 g/mol. The molecule has 1 N–H and O–H groups in total. The highest BCUT2D eigenvalue weighted by Crippen LogP contribution is 2.29. The lowest BCUT2D eigenvalue weighted by Gasteiger charge is -2.14. The van der Waals surface area contributed by atoms with Gasteiger partial charge in [-0.2, -0.15) is 0 Å². The molecule has 0 saturated carbocycles. The first-order valence-corrected chi connectivity index (χ1v) is 9.98. The molecule has 152 valence electrons. The minimum absolute atomic E-state index is 0. The number of nitrogens with one attached hydrogen (secondary N) is 1. The van der Waals surface area contributed by atoms with E-state index in [-0.39, 0.29) is 12.4 Å². The number of hydrogen-bond acceptors (Lipinski definition) is 3. The lowest BCUT2D eigenvalue weighted by atomic mass is 9.97. The van der Waals surface area contributed by atoms with E-state index in [9.17, 15) is 0 Å². The average Bonchev–Trinajstić information content (AvgIpc) is 2.72. The fraction of sp³-hybridized carbons (Fsp3) is 0.417. The third-order valence-corrected chi connectivity index (χ3v) is 5.08. The first-order valence-electron chi connectivity index (χ1n) is 9.98. The Morgan fingerprint density at radius 3 is 2.46 bits per heavy atom. The number of methoxy groups -OCH3 is 1. The molecule has 0 spiro atoms. The lowest BCUT2D eigenvalue weighted by molar-refractivity contribution is 0.284. The number of aryl methyl sites for hydroxylation is 1. The van der Waals surface area contributed by atoms with E-state index in [0.717, 1.165) is 36.6 Å². The van der Waals surface area contributed by atoms with E-state index < -0.39 is 0 Å². The largest absolute Gasteiger partial charge is 0.493 e. The second kappa shape index (κ2) is 11.8. The van der Waals surface area contributed by atoms with E-state index in [1.807, 2.05) is 6.07 Å². The van der Waals surface area contributed by atoms with E-state index in [1.165, 1.54) is 36.8 Å². The van der Waals surface area contributed by atoms with Crippen molar-refractivity contribution in [2.24, 2.45) is 0 Å². The summed E-state index contributed by atoms with van der Waals surface area (Å²) in [4.78, 5) is 0. The molecule has 0 bridgehead atoms. The van der Waals surface area contributed by atoms with Crippen molar-refractivity contribution < 1.29 is 9.47 Å². The first-order chi connectivity index (χ1) is 13.2. The molecule has 0 radical (unpaired) electrons. The van der Waals surface area contributed by atoms with E-state index in [1.54, 1.807) is 12.7 Å². The molecule has 3 rings (SSSR count). The van der Waals surface area contributed by atoms with Gasteiger partial charge in [0.1, 0.15) is 6.61 Å². The normalized spacial score (nSPS) is 13.4. The van der Waals surface area contributed by atoms with Gasteiger partial charge in [0.25, 0.3) is 0 Å². The smallest absolute Gasteiger partial charge is 0.161 e. The molecule has 1 aliphatic carbocycles. The summed E-state index contributed by atoms with van der Waals surface area (Å²) in [6.45, 7) is 4.51. The van der Waals surface area contributed by atoms with Crippen molar-refractivity contribution >= 4 is 12.4 Å². The molecule has 2 aromatic rings. The summed E-state index contributed by atoms with van der Waals surface area (Å²) in [5.74, 6) is 1.57. The second-order valence-electron chi connectivity index (χ2n) is 7.29. The van der Waals surface area contributed by atoms with Crippen molar-refractivity contribution in [3.8, 4) is 11.5 Å². The predicted octanol–water partition coefficient (Wildman–Crippen LogP) is 5.98. The Labute approximate surface area is 175 Å². The Kier molecular flexibility index (Phi) is 9.39. The molecule has 28 heavy (non-hydrogen) atoms. The molecular weight excluding hydrogens is 370 g/mol. The fourth-order valence-corrected chi connectivity index (χ4v) is 3.40. The summed E-state index contributed by atoms with van der Waals surface area (Å²) in [6, 6.07) is 14.6. The number of ether oxygens (including phenoxy) is 2. The molecule has 0 unspecified atom stereocenters. The number of halogens is 1. The van der Waals surface area contributed by atoms with Crippen LogP contribution in [0.4, 0.5) is 0 Å². The van der Waals surface area contributed by atoms with Crippen LogP contribution in [0.15, 0.2) is 54.1 Å². The minimum atomic E-state index is 0. The fourth-order valence-electron chi connectivity index (χ4n) is 3.40. The molecule has 0 saturated heterocycles. The predicted molar refractivity (Wildman–Crippen MR) is 119 cm³/mol. The zero-order valence-electron chi connectivity index (χ0n) is 17.0. The van der Waals surface area contributed by atoms with Gasteiger partial charge in [-0.05, 0) is 68.8 Å². The molecule has 0 aliphatic heterocycles. The van der Waals surface area contributed by atoms with Gasteiger partial charge in [-0.25, -0.2) is 0 Å². The van der Waals surface area contributed by atoms with Crippen LogP contribution in [0.5, 0.6) is 11.5 Å². The Morgan fingerprint density at radius 1 is 0.964 bits per heavy atom. The Bertz CT molecular complexity index is 756. The van der Waals surface area contributed by atoms with Gasteiger partial charge in [-0.15, -0.1) is 12.4 Å². The van der Waals surface area contributed by atoms with Crippen LogP contribution in [0.25, 0.3) is 0 Å². The molecule has 0 atom stereocenters. The Hall–Kier alpha value is -1.97. The van der Waals surface area contributed by atoms with Gasteiger partial charge in [0.05, 0.1) is 7.11 Å². The standard InChI is InChI=1S/C24H31NO2.ClH/c1-19-8-10-21(11-9-19)18-27-23-13-12-22(16-24(23)26-2)17-25-15-14-20-6-4-3-5-7-20;/h6,8-13,16,25H,3-5,7,14-15,17-18H2,1-2H3;1H. The summed E-state index contributed by atoms with van der Waals surface area (Å²) >= 11 is 0. The maximum atomic E-state index is 5.96. The van der Waals surface area contributed by atoms with Crippen LogP contribution in [0, 0.1) is 6.92 Å². The molecule has 0 aromatic heterocycles. The van der Waals surface area contributed by atoms with Gasteiger partial charge in [-0.1, -0.05) is 47.5 Å². The number of allylic oxidation sites excluding steroid dienone is 1. The SMILES string of the molecule is COc1cc(CNCCC2=CCCCC2)ccc1OCc1ccc(C)cc1.Cl. The van der Waals surface area contributed by atoms with Gasteiger partial charge in [-0.3, -0.25) is 0 Å². The highest BCUT2D eigenvalue weighted by atomic mass is 35.5. The number of rotatable bonds is 9. The van der Waals surface area contributed by atoms with E-state index in [2.05, 4.69) is 54.7 Å². The molecular formula is C24H32ClNO2. The van der Waals surface area contributed by atoms with Gasteiger partial charge in [0, 0.05) is 6.54 Å². The van der Waals surface area contributed by atoms with Crippen molar-refractivity contribution in [2.45, 2.75) is 52.2 Å². The number of benzene rings is 2. The highest BCUT2D eigenvalue weighted by molar-refractivity contribution is 5.85. The van der Waals surface area contributed by atoms with Crippen LogP contribution < -0.4 is 14.8 Å². The van der Waals surface area contributed by atoms with Crippen LogP contribution in [-0.2, 0) is 13.2 Å². The molecule has 4 heteroatoms. The highest BCUT2D eigenvalue weighted by Gasteiger charge is 2.07. The summed E-state index contributed by atoms with van der Waals surface area (Å²) in [5, 5.41) is 3.55. The zero-order chi connectivity index (χ0) is 18.9. The summed E-state index contributed by atoms with van der Waals surface area (Å²) in [7, 11) is 1.70. The van der Waals surface area contributed by atoms with Crippen molar-refractivity contribution in [3.05, 3.63) is 70.8 Å². The van der Waals surface area contributed by atoms with Crippen LogP contribution in [0.3, 0.4) is 0 Å². The van der Waals surface area contributed by atoms with Crippen LogP contribution in [0.2, 0.25) is 0 Å². The van der Waals surface area contributed by atoms with Gasteiger partial charge in [0.2, 0.25) is 0 Å². The van der Waals surface area contributed by atoms with Crippen LogP contribution in [0.1, 0.15) is 48.8 Å². The summed E-state index contributed by atoms with van der Waals surface area (Å²) in [5.41, 5.74) is 5.25. The molecule has 0 fully saturated rings. The topological polar surface area (TPSA) is 30.5 Å². The summed E-state index contributed by atoms with van der Waals surface area (Å²) < 4.78 is 11.5. The average molecular weight is 402 g/mol. The molecule has 1 aliphatic rings. The minimum Gasteiger partial charge on any atom is -0.493 e. The Morgan fingerprint density at radius 2 is 1.75 bits per heavy atom. The van der Waals surface area contributed by atoms with Crippen molar-refractivity contribution in [1.29, 1.82) is 0 Å². The summed E-state index contributed by atoms with van der Waals surface area (Å²) in [6.07, 6.45) is 8.84. The molecule has 2 aromatic carbocycles. The maximum Gasteiger partial charge on any atom is 0.161 e. The van der Waals surface area contributed by atoms with Gasteiger partial charge < -0.3 is 14.8 Å². The van der Waals surface area contributed by atoms with Crippen molar-refractivity contribution in [1.82, 2.24) is 5.32 Å². The third-order valence-electron chi connectivity index (χ3n) is 5.08. The molecule has 0 amide bonds. The van der Waals surface area contributed by atoms with E-state index in [4.69, 9.17) is 9.47 Å². The van der Waals surface area contributed by atoms with Crippen molar-refractivity contribution in [3.63, 3.8) is 0 Å². The van der Waals surface area contributed by atoms with Gasteiger partial charge >= 0.3 is 0 Å². The van der Waals surface area contributed by atoms with Crippen LogP contribution >= 0.6 is 12.4 Å². The Balaban J connectivity index is 0.00000280. The maximum absolute atomic E-state index is 5.96. The molecule has 3 nitrogen and oxygen atoms in total. The van der Waals surface area contributed by atoms with Crippen molar-refractivity contribution in [2.75, 3.05) is 13.7 Å². The zero-order valence-corrected chi connectivity index (χ0v) is 17.8. The van der Waals surface area contributed by atoms with Crippen LogP contribution in [-0.4, -0.2) is 13.7 Å². The number of hydrogen-bond donors (Lipinski definition) is 1. The van der Waals surface area contributed by atoms with Gasteiger partial charge in [0.15, 0.2) is 11.5 Å². The van der Waals surface area contributed by atoms with E-state index in [0.29, 0.717) is 6.61 Å².